The van der Waals surface area contributed by atoms with Crippen molar-refractivity contribution in [3.63, 3.8) is 0 Å². The Hall–Kier alpha value is -3.75. The van der Waals surface area contributed by atoms with Crippen molar-refractivity contribution in [1.29, 1.82) is 0 Å². The number of anilines is 2. The van der Waals surface area contributed by atoms with Gasteiger partial charge in [-0.3, -0.25) is 14.5 Å². The molecule has 0 saturated carbocycles. The van der Waals surface area contributed by atoms with Crippen LogP contribution in [-0.2, 0) is 9.59 Å². The molecular formula is C25H20ClN3O4S. The van der Waals surface area contributed by atoms with Crippen molar-refractivity contribution in [1.82, 2.24) is 0 Å². The van der Waals surface area contributed by atoms with Gasteiger partial charge in [0.05, 0.1) is 30.5 Å². The summed E-state index contributed by atoms with van der Waals surface area (Å²) < 4.78 is 10.4. The van der Waals surface area contributed by atoms with Crippen LogP contribution in [0.25, 0.3) is 0 Å². The number of carbonyl (C=O) groups is 2. The molecule has 0 spiro atoms. The van der Waals surface area contributed by atoms with Crippen LogP contribution in [0.2, 0.25) is 5.02 Å². The molecule has 0 aliphatic carbocycles. The highest BCUT2D eigenvalue weighted by atomic mass is 35.5. The average Bonchev–Trinajstić information content (AvgIpc) is 3.15. The number of carbonyl (C=O) groups excluding carboxylic acids is 2. The van der Waals surface area contributed by atoms with Crippen LogP contribution < -0.4 is 19.7 Å². The molecule has 0 aromatic heterocycles. The molecule has 172 valence electrons. The zero-order valence-corrected chi connectivity index (χ0v) is 19.9. The fraction of sp³-hybridized carbons (Fsp3) is 0.0800. The van der Waals surface area contributed by atoms with Gasteiger partial charge in [-0.2, -0.15) is 0 Å². The minimum atomic E-state index is -0.432. The molecule has 34 heavy (non-hydrogen) atoms. The summed E-state index contributed by atoms with van der Waals surface area (Å²) in [5.41, 5.74) is 1.81. The average molecular weight is 494 g/mol. The first-order chi connectivity index (χ1) is 16.5. The highest BCUT2D eigenvalue weighted by molar-refractivity contribution is 8.19. The molecule has 0 bridgehead atoms. The van der Waals surface area contributed by atoms with E-state index in [1.807, 2.05) is 0 Å². The predicted octanol–water partition coefficient (Wildman–Crippen LogP) is 5.65. The molecule has 1 N–H and O–H groups in total. The summed E-state index contributed by atoms with van der Waals surface area (Å²) in [6, 6.07) is 20.9. The van der Waals surface area contributed by atoms with Crippen LogP contribution in [0.3, 0.4) is 0 Å². The van der Waals surface area contributed by atoms with Crippen LogP contribution in [0.5, 0.6) is 11.5 Å². The van der Waals surface area contributed by atoms with Crippen LogP contribution in [0.1, 0.15) is 0 Å². The Morgan fingerprint density at radius 2 is 1.53 bits per heavy atom. The van der Waals surface area contributed by atoms with Crippen LogP contribution in [0, 0.1) is 0 Å². The van der Waals surface area contributed by atoms with Crippen LogP contribution >= 0.6 is 23.4 Å². The number of benzene rings is 3. The maximum absolute atomic E-state index is 13.3. The standard InChI is InChI=1S/C25H20ClN3O4S/c1-32-20-11-7-18(8-12-20)28-25-29(19-9-13-21(33-2)14-10-19)24(31)22(34-25)15-23(30)27-17-5-3-16(26)4-6-17/h3-15H,1-2H3,(H,27,30)/b22-15+,28-25?. The van der Waals surface area contributed by atoms with Crippen LogP contribution in [0.4, 0.5) is 17.1 Å². The maximum atomic E-state index is 13.3. The zero-order chi connectivity index (χ0) is 24.1. The largest absolute Gasteiger partial charge is 0.497 e. The van der Waals surface area contributed by atoms with Gasteiger partial charge in [0.1, 0.15) is 11.5 Å². The molecule has 1 aliphatic rings. The first-order valence-electron chi connectivity index (χ1n) is 10.1. The first-order valence-corrected chi connectivity index (χ1v) is 11.3. The summed E-state index contributed by atoms with van der Waals surface area (Å²) >= 11 is 7.01. The zero-order valence-electron chi connectivity index (χ0n) is 18.3. The van der Waals surface area contributed by atoms with Gasteiger partial charge in [-0.05, 0) is 84.6 Å². The van der Waals surface area contributed by atoms with E-state index in [1.165, 1.54) is 11.0 Å². The molecule has 9 heteroatoms. The van der Waals surface area contributed by atoms with Gasteiger partial charge in [0, 0.05) is 16.8 Å². The van der Waals surface area contributed by atoms with Crippen molar-refractivity contribution in [2.24, 2.45) is 4.99 Å². The third-order valence-electron chi connectivity index (χ3n) is 4.81. The Morgan fingerprint density at radius 3 is 2.12 bits per heavy atom. The van der Waals surface area contributed by atoms with Gasteiger partial charge in [0.25, 0.3) is 5.91 Å². The quantitative estimate of drug-likeness (QED) is 0.449. The summed E-state index contributed by atoms with van der Waals surface area (Å²) in [5, 5.41) is 3.72. The Kier molecular flexibility index (Phi) is 7.20. The Labute approximate surface area is 206 Å². The number of thioether (sulfide) groups is 1. The molecule has 0 unspecified atom stereocenters. The van der Waals surface area contributed by atoms with Gasteiger partial charge in [-0.25, -0.2) is 4.99 Å². The number of aliphatic imine (C=N–C) groups is 1. The summed E-state index contributed by atoms with van der Waals surface area (Å²) in [4.78, 5) is 32.2. The normalized spacial score (nSPS) is 15.6. The lowest BCUT2D eigenvalue weighted by molar-refractivity contribution is -0.115. The third-order valence-corrected chi connectivity index (χ3v) is 6.03. The van der Waals surface area contributed by atoms with Crippen LogP contribution in [-0.4, -0.2) is 31.2 Å². The van der Waals surface area contributed by atoms with E-state index < -0.39 is 5.91 Å². The minimum Gasteiger partial charge on any atom is -0.497 e. The van der Waals surface area contributed by atoms with E-state index in [2.05, 4.69) is 10.3 Å². The number of nitrogens with zero attached hydrogens (tertiary/aromatic N) is 2. The van der Waals surface area contributed by atoms with E-state index in [0.717, 1.165) is 11.8 Å². The van der Waals surface area contributed by atoms with E-state index in [4.69, 9.17) is 21.1 Å². The number of rotatable bonds is 6. The molecule has 2 amide bonds. The Bertz CT molecular complexity index is 1260. The number of ether oxygens (including phenoxy) is 2. The molecule has 1 saturated heterocycles. The number of amides is 2. The topological polar surface area (TPSA) is 80.2 Å². The molecule has 0 atom stereocenters. The first kappa shape index (κ1) is 23.4. The van der Waals surface area contributed by atoms with E-state index in [9.17, 15) is 9.59 Å². The summed E-state index contributed by atoms with van der Waals surface area (Å²) in [7, 11) is 3.16. The maximum Gasteiger partial charge on any atom is 0.271 e. The fourth-order valence-corrected chi connectivity index (χ4v) is 4.20. The van der Waals surface area contributed by atoms with Gasteiger partial charge in [-0.15, -0.1) is 0 Å². The number of hydrogen-bond acceptors (Lipinski definition) is 6. The molecule has 0 radical (unpaired) electrons. The minimum absolute atomic E-state index is 0.245. The monoisotopic (exact) mass is 493 g/mol. The summed E-state index contributed by atoms with van der Waals surface area (Å²) in [6.07, 6.45) is 1.27. The fourth-order valence-electron chi connectivity index (χ4n) is 3.11. The number of amidine groups is 1. The SMILES string of the molecule is COc1ccc(N=C2S/C(=C/C(=O)Nc3ccc(Cl)cc3)C(=O)N2c2ccc(OC)cc2)cc1. The van der Waals surface area contributed by atoms with Crippen molar-refractivity contribution in [2.45, 2.75) is 0 Å². The van der Waals surface area contributed by atoms with E-state index in [1.54, 1.807) is 87.0 Å². The second kappa shape index (κ2) is 10.5. The third kappa shape index (κ3) is 5.41. The Balaban J connectivity index is 1.65. The number of hydrogen-bond donors (Lipinski definition) is 1. The molecule has 3 aromatic carbocycles. The highest BCUT2D eigenvalue weighted by Gasteiger charge is 2.35. The summed E-state index contributed by atoms with van der Waals surface area (Å²) in [5.74, 6) is 0.576. The molecule has 1 heterocycles. The van der Waals surface area contributed by atoms with Crippen molar-refractivity contribution in [3.8, 4) is 11.5 Å². The molecule has 1 aliphatic heterocycles. The molecule has 7 nitrogen and oxygen atoms in total. The van der Waals surface area contributed by atoms with Gasteiger partial charge in [0.15, 0.2) is 5.17 Å². The second-order valence-electron chi connectivity index (χ2n) is 7.04. The smallest absolute Gasteiger partial charge is 0.271 e. The second-order valence-corrected chi connectivity index (χ2v) is 8.48. The lowest BCUT2D eigenvalue weighted by atomic mass is 10.2. The molecule has 3 aromatic rings. The number of halogens is 1. The van der Waals surface area contributed by atoms with Crippen LogP contribution in [0.15, 0.2) is 88.8 Å². The van der Waals surface area contributed by atoms with Gasteiger partial charge in [0.2, 0.25) is 5.91 Å². The molecule has 4 rings (SSSR count). The van der Waals surface area contributed by atoms with Gasteiger partial charge >= 0.3 is 0 Å². The number of methoxy groups -OCH3 is 2. The predicted molar refractivity (Wildman–Crippen MR) is 136 cm³/mol. The van der Waals surface area contributed by atoms with Crippen molar-refractivity contribution in [3.05, 3.63) is 88.8 Å². The van der Waals surface area contributed by atoms with Crippen molar-refractivity contribution < 1.29 is 19.1 Å². The highest BCUT2D eigenvalue weighted by Crippen LogP contribution is 2.37. The Morgan fingerprint density at radius 1 is 0.941 bits per heavy atom. The molecule has 1 fully saturated rings. The van der Waals surface area contributed by atoms with Crippen molar-refractivity contribution >= 4 is 57.4 Å². The van der Waals surface area contributed by atoms with E-state index in [0.29, 0.717) is 38.8 Å². The number of nitrogens with one attached hydrogen (secondary N) is 1. The van der Waals surface area contributed by atoms with Gasteiger partial charge in [-0.1, -0.05) is 11.6 Å². The lowest BCUT2D eigenvalue weighted by Gasteiger charge is -2.16. The molecular weight excluding hydrogens is 474 g/mol. The van der Waals surface area contributed by atoms with Crippen molar-refractivity contribution in [2.75, 3.05) is 24.4 Å². The summed E-state index contributed by atoms with van der Waals surface area (Å²) in [6.45, 7) is 0. The van der Waals surface area contributed by atoms with E-state index in [-0.39, 0.29) is 10.8 Å². The van der Waals surface area contributed by atoms with E-state index >= 15 is 0 Å². The lowest BCUT2D eigenvalue weighted by Crippen LogP contribution is -2.28. The van der Waals surface area contributed by atoms with Gasteiger partial charge < -0.3 is 14.8 Å².